The zero-order valence-electron chi connectivity index (χ0n) is 12.2. The standard InChI is InChI=1S/C14H23N5/c1-5-19-11-12(8-17-19)10-18-7-6-15-13(18)9-16-14(2,3)4/h6-8,11,16H,5,9-10H2,1-4H3. The molecule has 19 heavy (non-hydrogen) atoms. The lowest BCUT2D eigenvalue weighted by molar-refractivity contribution is 0.413. The predicted octanol–water partition coefficient (Wildman–Crippen LogP) is 2.04. The van der Waals surface area contributed by atoms with Gasteiger partial charge >= 0.3 is 0 Å². The zero-order valence-corrected chi connectivity index (χ0v) is 12.2. The summed E-state index contributed by atoms with van der Waals surface area (Å²) in [5.41, 5.74) is 1.31. The maximum absolute atomic E-state index is 4.42. The molecule has 2 heterocycles. The van der Waals surface area contributed by atoms with Crippen molar-refractivity contribution in [2.75, 3.05) is 0 Å². The van der Waals surface area contributed by atoms with E-state index in [2.05, 4.69) is 53.9 Å². The van der Waals surface area contributed by atoms with Gasteiger partial charge in [0, 0.05) is 36.2 Å². The average Bonchev–Trinajstić information content (AvgIpc) is 2.95. The van der Waals surface area contributed by atoms with Gasteiger partial charge in [-0.1, -0.05) is 0 Å². The van der Waals surface area contributed by atoms with Crippen LogP contribution in [-0.4, -0.2) is 24.9 Å². The number of aryl methyl sites for hydroxylation is 1. The number of hydrogen-bond donors (Lipinski definition) is 1. The zero-order chi connectivity index (χ0) is 13.9. The highest BCUT2D eigenvalue weighted by Gasteiger charge is 2.11. The predicted molar refractivity (Wildman–Crippen MR) is 75.8 cm³/mol. The molecule has 2 rings (SSSR count). The van der Waals surface area contributed by atoms with E-state index in [1.165, 1.54) is 5.56 Å². The van der Waals surface area contributed by atoms with Crippen molar-refractivity contribution in [2.24, 2.45) is 0 Å². The Morgan fingerprint density at radius 3 is 2.74 bits per heavy atom. The third-order valence-electron chi connectivity index (χ3n) is 2.94. The molecule has 0 aliphatic heterocycles. The molecule has 0 amide bonds. The third kappa shape index (κ3) is 3.92. The highest BCUT2D eigenvalue weighted by atomic mass is 15.3. The number of rotatable bonds is 5. The summed E-state index contributed by atoms with van der Waals surface area (Å²) in [6.07, 6.45) is 7.87. The van der Waals surface area contributed by atoms with Gasteiger partial charge in [0.05, 0.1) is 19.3 Å². The molecule has 0 radical (unpaired) electrons. The summed E-state index contributed by atoms with van der Waals surface area (Å²) in [4.78, 5) is 4.42. The van der Waals surface area contributed by atoms with Gasteiger partial charge in [0.1, 0.15) is 5.82 Å². The van der Waals surface area contributed by atoms with Crippen LogP contribution in [0.15, 0.2) is 24.8 Å². The van der Waals surface area contributed by atoms with Crippen molar-refractivity contribution in [1.82, 2.24) is 24.6 Å². The maximum Gasteiger partial charge on any atom is 0.122 e. The van der Waals surface area contributed by atoms with E-state index in [1.807, 2.05) is 23.3 Å². The normalized spacial score (nSPS) is 12.0. The topological polar surface area (TPSA) is 47.7 Å². The molecule has 0 bridgehead atoms. The van der Waals surface area contributed by atoms with Gasteiger partial charge < -0.3 is 9.88 Å². The fourth-order valence-electron chi connectivity index (χ4n) is 1.85. The van der Waals surface area contributed by atoms with Gasteiger partial charge in [-0.25, -0.2) is 4.98 Å². The van der Waals surface area contributed by atoms with E-state index in [0.29, 0.717) is 0 Å². The first kappa shape index (κ1) is 13.8. The van der Waals surface area contributed by atoms with Gasteiger partial charge in [-0.3, -0.25) is 4.68 Å². The molecule has 0 saturated heterocycles. The second kappa shape index (κ2) is 5.57. The van der Waals surface area contributed by atoms with Crippen LogP contribution < -0.4 is 5.32 Å². The van der Waals surface area contributed by atoms with E-state index in [9.17, 15) is 0 Å². The summed E-state index contributed by atoms with van der Waals surface area (Å²) in [7, 11) is 0. The molecule has 0 aromatic carbocycles. The summed E-state index contributed by atoms with van der Waals surface area (Å²) < 4.78 is 4.11. The molecule has 0 atom stereocenters. The Kier molecular flexibility index (Phi) is 4.04. The van der Waals surface area contributed by atoms with Gasteiger partial charge in [0.25, 0.3) is 0 Å². The minimum absolute atomic E-state index is 0.101. The molecule has 0 fully saturated rings. The molecule has 0 saturated carbocycles. The van der Waals surface area contributed by atoms with E-state index >= 15 is 0 Å². The van der Waals surface area contributed by atoms with Crippen LogP contribution in [-0.2, 0) is 19.6 Å². The lowest BCUT2D eigenvalue weighted by atomic mass is 10.1. The molecule has 5 heteroatoms. The summed E-state index contributed by atoms with van der Waals surface area (Å²) in [6, 6.07) is 0. The number of hydrogen-bond acceptors (Lipinski definition) is 3. The quantitative estimate of drug-likeness (QED) is 0.896. The molecule has 104 valence electrons. The number of nitrogens with zero attached hydrogens (tertiary/aromatic N) is 4. The fourth-order valence-corrected chi connectivity index (χ4v) is 1.85. The Hall–Kier alpha value is -1.62. The summed E-state index contributed by atoms with van der Waals surface area (Å²) in [6.45, 7) is 11.1. The van der Waals surface area contributed by atoms with Gasteiger partial charge in [-0.05, 0) is 27.7 Å². The molecule has 0 aliphatic carbocycles. The van der Waals surface area contributed by atoms with Gasteiger partial charge in [-0.15, -0.1) is 0 Å². The highest BCUT2D eigenvalue weighted by Crippen LogP contribution is 2.07. The first-order valence-corrected chi connectivity index (χ1v) is 6.74. The second-order valence-electron chi connectivity index (χ2n) is 5.78. The summed E-state index contributed by atoms with van der Waals surface area (Å²) in [5.74, 6) is 1.05. The monoisotopic (exact) mass is 261 g/mol. The lowest BCUT2D eigenvalue weighted by Gasteiger charge is -2.20. The van der Waals surface area contributed by atoms with Crippen molar-refractivity contribution in [2.45, 2.75) is 52.9 Å². The molecule has 1 N–H and O–H groups in total. The minimum atomic E-state index is 0.101. The molecular formula is C14H23N5. The van der Waals surface area contributed by atoms with Crippen LogP contribution >= 0.6 is 0 Å². The first-order chi connectivity index (χ1) is 8.98. The number of nitrogens with one attached hydrogen (secondary N) is 1. The van der Waals surface area contributed by atoms with Crippen LogP contribution in [0.5, 0.6) is 0 Å². The Bertz CT molecular complexity index is 518. The minimum Gasteiger partial charge on any atom is -0.329 e. The van der Waals surface area contributed by atoms with Crippen molar-refractivity contribution in [3.63, 3.8) is 0 Å². The average molecular weight is 261 g/mol. The molecule has 2 aromatic rings. The summed E-state index contributed by atoms with van der Waals surface area (Å²) in [5, 5.41) is 7.76. The van der Waals surface area contributed by atoms with Crippen LogP contribution in [0.25, 0.3) is 0 Å². The lowest BCUT2D eigenvalue weighted by Crippen LogP contribution is -2.35. The third-order valence-corrected chi connectivity index (χ3v) is 2.94. The largest absolute Gasteiger partial charge is 0.329 e. The van der Waals surface area contributed by atoms with Gasteiger partial charge in [0.2, 0.25) is 0 Å². The van der Waals surface area contributed by atoms with Crippen molar-refractivity contribution < 1.29 is 0 Å². The first-order valence-electron chi connectivity index (χ1n) is 6.74. The SMILES string of the molecule is CCn1cc(Cn2ccnc2CNC(C)(C)C)cn1. The fraction of sp³-hybridized carbons (Fsp3) is 0.571. The van der Waals surface area contributed by atoms with E-state index in [4.69, 9.17) is 0 Å². The van der Waals surface area contributed by atoms with E-state index in [0.717, 1.165) is 25.5 Å². The second-order valence-corrected chi connectivity index (χ2v) is 5.78. The Labute approximate surface area is 114 Å². The van der Waals surface area contributed by atoms with Crippen LogP contribution in [0.4, 0.5) is 0 Å². The molecule has 5 nitrogen and oxygen atoms in total. The molecule has 0 unspecified atom stereocenters. The van der Waals surface area contributed by atoms with E-state index in [-0.39, 0.29) is 5.54 Å². The highest BCUT2D eigenvalue weighted by molar-refractivity contribution is 5.07. The van der Waals surface area contributed by atoms with Crippen LogP contribution in [0.3, 0.4) is 0 Å². The van der Waals surface area contributed by atoms with Crippen LogP contribution in [0.1, 0.15) is 39.1 Å². The van der Waals surface area contributed by atoms with Crippen molar-refractivity contribution in [3.8, 4) is 0 Å². The van der Waals surface area contributed by atoms with Gasteiger partial charge in [0.15, 0.2) is 0 Å². The summed E-state index contributed by atoms with van der Waals surface area (Å²) >= 11 is 0. The van der Waals surface area contributed by atoms with Crippen LogP contribution in [0, 0.1) is 0 Å². The Balaban J connectivity index is 2.03. The van der Waals surface area contributed by atoms with E-state index < -0.39 is 0 Å². The van der Waals surface area contributed by atoms with Gasteiger partial charge in [-0.2, -0.15) is 5.10 Å². The van der Waals surface area contributed by atoms with Crippen molar-refractivity contribution >= 4 is 0 Å². The van der Waals surface area contributed by atoms with E-state index in [1.54, 1.807) is 0 Å². The molecule has 2 aromatic heterocycles. The molecule has 0 spiro atoms. The van der Waals surface area contributed by atoms with Crippen molar-refractivity contribution in [3.05, 3.63) is 36.2 Å². The molecule has 0 aliphatic rings. The molecular weight excluding hydrogens is 238 g/mol. The smallest absolute Gasteiger partial charge is 0.122 e. The maximum atomic E-state index is 4.42. The van der Waals surface area contributed by atoms with Crippen LogP contribution in [0.2, 0.25) is 0 Å². The Morgan fingerprint density at radius 2 is 2.11 bits per heavy atom. The van der Waals surface area contributed by atoms with Crippen molar-refractivity contribution in [1.29, 1.82) is 0 Å². The number of imidazole rings is 1. The number of aromatic nitrogens is 4. The Morgan fingerprint density at radius 1 is 1.32 bits per heavy atom.